The average Bonchev–Trinajstić information content (AvgIpc) is 2.96. The molecule has 28 heavy (non-hydrogen) atoms. The number of hydrogen-bond donors (Lipinski definition) is 2. The van der Waals surface area contributed by atoms with Crippen LogP contribution in [0.2, 0.25) is 0 Å². The zero-order valence-electron chi connectivity index (χ0n) is 13.7. The minimum atomic E-state index is -4.70. The number of benzene rings is 2. The van der Waals surface area contributed by atoms with Gasteiger partial charge in [-0.2, -0.15) is 17.6 Å². The summed E-state index contributed by atoms with van der Waals surface area (Å²) < 4.78 is 55.0. The number of aromatic nitrogens is 1. The first-order valence-corrected chi connectivity index (χ1v) is 8.38. The number of ether oxygens (including phenoxy) is 1. The molecule has 3 rings (SSSR count). The Labute approximate surface area is 163 Å². The molecule has 0 aliphatic heterocycles. The summed E-state index contributed by atoms with van der Waals surface area (Å²) in [7, 11) is 0. The van der Waals surface area contributed by atoms with Crippen LogP contribution >= 0.6 is 15.9 Å². The SMILES string of the molecule is O=C(N=Nc1c(O)[nH]c2cccc(Br)c12)c1cccc(OC(F)(F)C(F)F)c1. The van der Waals surface area contributed by atoms with Crippen LogP contribution in [0.1, 0.15) is 10.4 Å². The van der Waals surface area contributed by atoms with Gasteiger partial charge in [-0.3, -0.25) is 4.79 Å². The number of carbonyl (C=O) groups is 1. The quantitative estimate of drug-likeness (QED) is 0.373. The maximum Gasteiger partial charge on any atom is 0.461 e. The average molecular weight is 460 g/mol. The number of H-pyrrole nitrogens is 1. The lowest BCUT2D eigenvalue weighted by Gasteiger charge is -2.16. The van der Waals surface area contributed by atoms with Crippen molar-refractivity contribution in [3.8, 4) is 11.6 Å². The highest BCUT2D eigenvalue weighted by molar-refractivity contribution is 9.10. The van der Waals surface area contributed by atoms with E-state index < -0.39 is 24.2 Å². The predicted octanol–water partition coefficient (Wildman–Crippen LogP) is 5.80. The Morgan fingerprint density at radius 1 is 1.21 bits per heavy atom. The summed E-state index contributed by atoms with van der Waals surface area (Å²) in [6, 6.07) is 9.30. The molecule has 0 radical (unpaired) electrons. The fraction of sp³-hybridized carbons (Fsp3) is 0.118. The summed E-state index contributed by atoms with van der Waals surface area (Å²) in [5.41, 5.74) is 0.315. The van der Waals surface area contributed by atoms with E-state index in [2.05, 4.69) is 35.9 Å². The van der Waals surface area contributed by atoms with Crippen LogP contribution in [0.15, 0.2) is 57.2 Å². The summed E-state index contributed by atoms with van der Waals surface area (Å²) >= 11 is 3.30. The molecule has 1 heterocycles. The van der Waals surface area contributed by atoms with Crippen LogP contribution in [0.3, 0.4) is 0 Å². The smallest absolute Gasteiger partial charge is 0.461 e. The topological polar surface area (TPSA) is 87.0 Å². The van der Waals surface area contributed by atoms with Crippen molar-refractivity contribution in [2.24, 2.45) is 10.2 Å². The zero-order chi connectivity index (χ0) is 20.5. The second kappa shape index (κ2) is 7.58. The van der Waals surface area contributed by atoms with Gasteiger partial charge in [0.2, 0.25) is 5.88 Å². The van der Waals surface area contributed by atoms with Crippen molar-refractivity contribution in [1.29, 1.82) is 0 Å². The number of rotatable bonds is 5. The second-order valence-electron chi connectivity index (χ2n) is 5.48. The molecule has 1 aromatic heterocycles. The van der Waals surface area contributed by atoms with Gasteiger partial charge in [-0.05, 0) is 30.3 Å². The van der Waals surface area contributed by atoms with Crippen LogP contribution in [0.25, 0.3) is 10.9 Å². The standard InChI is InChI=1S/C17H10BrF4N3O3/c18-10-5-2-6-11-12(10)13(15(27)23-11)24-25-14(26)8-3-1-4-9(7-8)28-17(21,22)16(19)20/h1-7,16,23,27H. The Balaban J connectivity index is 1.86. The van der Waals surface area contributed by atoms with Crippen LogP contribution in [0, 0.1) is 0 Å². The Bertz CT molecular complexity index is 1070. The van der Waals surface area contributed by atoms with Gasteiger partial charge >= 0.3 is 12.5 Å². The lowest BCUT2D eigenvalue weighted by atomic mass is 10.2. The number of aromatic hydroxyl groups is 1. The Morgan fingerprint density at radius 2 is 1.93 bits per heavy atom. The van der Waals surface area contributed by atoms with Crippen LogP contribution in [0.5, 0.6) is 11.6 Å². The lowest BCUT2D eigenvalue weighted by Crippen LogP contribution is -2.33. The van der Waals surface area contributed by atoms with Gasteiger partial charge in [-0.25, -0.2) is 0 Å². The maximum atomic E-state index is 13.0. The van der Waals surface area contributed by atoms with E-state index >= 15 is 0 Å². The third kappa shape index (κ3) is 3.98. The van der Waals surface area contributed by atoms with E-state index in [0.29, 0.717) is 15.4 Å². The van der Waals surface area contributed by atoms with Gasteiger partial charge in [0.1, 0.15) is 5.75 Å². The summed E-state index contributed by atoms with van der Waals surface area (Å²) in [6.07, 6.45) is -8.74. The molecule has 2 N–H and O–H groups in total. The van der Waals surface area contributed by atoms with E-state index in [-0.39, 0.29) is 17.1 Å². The van der Waals surface area contributed by atoms with Crippen molar-refractivity contribution in [1.82, 2.24) is 4.98 Å². The van der Waals surface area contributed by atoms with Crippen LogP contribution in [-0.4, -0.2) is 28.5 Å². The molecule has 0 saturated carbocycles. The summed E-state index contributed by atoms with van der Waals surface area (Å²) in [5.74, 6) is -1.91. The third-order valence-electron chi connectivity index (χ3n) is 3.56. The first-order chi connectivity index (χ1) is 13.2. The van der Waals surface area contributed by atoms with E-state index in [1.54, 1.807) is 18.2 Å². The van der Waals surface area contributed by atoms with Crippen molar-refractivity contribution in [3.05, 3.63) is 52.5 Å². The number of fused-ring (bicyclic) bond motifs is 1. The van der Waals surface area contributed by atoms with Gasteiger partial charge in [-0.15, -0.1) is 10.2 Å². The molecule has 0 saturated heterocycles. The Kier molecular flexibility index (Phi) is 5.36. The number of nitrogens with zero attached hydrogens (tertiary/aromatic N) is 2. The normalized spacial score (nSPS) is 12.2. The monoisotopic (exact) mass is 459 g/mol. The lowest BCUT2D eigenvalue weighted by molar-refractivity contribution is -0.253. The molecule has 0 aliphatic rings. The molecule has 2 aromatic carbocycles. The van der Waals surface area contributed by atoms with Crippen molar-refractivity contribution >= 4 is 38.4 Å². The van der Waals surface area contributed by atoms with Crippen LogP contribution in [-0.2, 0) is 0 Å². The molecule has 0 unspecified atom stereocenters. The molecule has 3 aromatic rings. The Hall–Kier alpha value is -2.95. The molecule has 6 nitrogen and oxygen atoms in total. The fourth-order valence-corrected chi connectivity index (χ4v) is 2.87. The maximum absolute atomic E-state index is 13.0. The minimum Gasteiger partial charge on any atom is -0.493 e. The molecule has 0 atom stereocenters. The molecule has 11 heteroatoms. The second-order valence-corrected chi connectivity index (χ2v) is 6.34. The van der Waals surface area contributed by atoms with E-state index in [1.165, 1.54) is 12.1 Å². The summed E-state index contributed by atoms with van der Waals surface area (Å²) in [6.45, 7) is 0. The van der Waals surface area contributed by atoms with Crippen LogP contribution in [0.4, 0.5) is 23.2 Å². The van der Waals surface area contributed by atoms with Crippen molar-refractivity contribution in [3.63, 3.8) is 0 Å². The van der Waals surface area contributed by atoms with Crippen molar-refractivity contribution in [2.75, 3.05) is 0 Å². The van der Waals surface area contributed by atoms with Gasteiger partial charge in [0, 0.05) is 15.4 Å². The van der Waals surface area contributed by atoms with E-state index in [0.717, 1.165) is 12.1 Å². The number of alkyl halides is 4. The number of amides is 1. The molecule has 0 bridgehead atoms. The van der Waals surface area contributed by atoms with Crippen molar-refractivity contribution in [2.45, 2.75) is 12.5 Å². The van der Waals surface area contributed by atoms with Crippen LogP contribution < -0.4 is 4.74 Å². The molecular weight excluding hydrogens is 450 g/mol. The number of halogens is 5. The van der Waals surface area contributed by atoms with E-state index in [9.17, 15) is 27.5 Å². The van der Waals surface area contributed by atoms with Gasteiger partial charge in [-0.1, -0.05) is 28.1 Å². The number of hydrogen-bond acceptors (Lipinski definition) is 4. The minimum absolute atomic E-state index is 0.00698. The molecule has 0 aliphatic carbocycles. The highest BCUT2D eigenvalue weighted by atomic mass is 79.9. The van der Waals surface area contributed by atoms with Crippen molar-refractivity contribution < 1.29 is 32.2 Å². The number of nitrogens with one attached hydrogen (secondary N) is 1. The summed E-state index contributed by atoms with van der Waals surface area (Å²) in [4.78, 5) is 14.8. The predicted molar refractivity (Wildman–Crippen MR) is 94.5 cm³/mol. The zero-order valence-corrected chi connectivity index (χ0v) is 15.3. The molecular formula is C17H10BrF4N3O3. The number of azo groups is 1. The van der Waals surface area contributed by atoms with E-state index in [1.807, 2.05) is 0 Å². The van der Waals surface area contributed by atoms with Gasteiger partial charge in [0.15, 0.2) is 5.69 Å². The number of carbonyl (C=O) groups excluding carboxylic acids is 1. The molecule has 1 amide bonds. The van der Waals surface area contributed by atoms with Gasteiger partial charge in [0.05, 0.1) is 5.52 Å². The Morgan fingerprint density at radius 3 is 2.64 bits per heavy atom. The molecule has 146 valence electrons. The largest absolute Gasteiger partial charge is 0.493 e. The van der Waals surface area contributed by atoms with Gasteiger partial charge < -0.3 is 14.8 Å². The highest BCUT2D eigenvalue weighted by Gasteiger charge is 2.44. The first kappa shape index (κ1) is 19.8. The first-order valence-electron chi connectivity index (χ1n) is 7.59. The fourth-order valence-electron chi connectivity index (χ4n) is 2.32. The molecule has 0 spiro atoms. The van der Waals surface area contributed by atoms with E-state index in [4.69, 9.17) is 0 Å². The molecule has 0 fully saturated rings. The third-order valence-corrected chi connectivity index (χ3v) is 4.22. The highest BCUT2D eigenvalue weighted by Crippen LogP contribution is 2.39. The summed E-state index contributed by atoms with van der Waals surface area (Å²) in [5, 5.41) is 17.6. The number of aromatic amines is 1. The van der Waals surface area contributed by atoms with Gasteiger partial charge in [0.25, 0.3) is 5.91 Å².